The van der Waals surface area contributed by atoms with E-state index in [9.17, 15) is 8.78 Å². The van der Waals surface area contributed by atoms with Crippen molar-refractivity contribution in [1.82, 2.24) is 4.90 Å². The summed E-state index contributed by atoms with van der Waals surface area (Å²) < 4.78 is 27.9. The maximum atomic E-state index is 13.9. The van der Waals surface area contributed by atoms with E-state index < -0.39 is 11.6 Å². The van der Waals surface area contributed by atoms with Gasteiger partial charge in [-0.05, 0) is 34.0 Å². The van der Waals surface area contributed by atoms with Crippen molar-refractivity contribution in [2.24, 2.45) is 5.92 Å². The van der Waals surface area contributed by atoms with Crippen LogP contribution >= 0.6 is 15.9 Å². The van der Waals surface area contributed by atoms with Crippen LogP contribution in [-0.4, -0.2) is 18.0 Å². The molecule has 0 N–H and O–H groups in total. The Kier molecular flexibility index (Phi) is 6.40. The average molecular weight is 331 g/mol. The van der Waals surface area contributed by atoms with Gasteiger partial charge in [0.25, 0.3) is 0 Å². The van der Waals surface area contributed by atoms with Crippen molar-refractivity contribution in [1.29, 1.82) is 5.26 Å². The molecule has 1 rings (SSSR count). The zero-order valence-electron chi connectivity index (χ0n) is 11.1. The summed E-state index contributed by atoms with van der Waals surface area (Å²) in [6, 6.07) is 4.67. The molecule has 0 saturated carbocycles. The van der Waals surface area contributed by atoms with Gasteiger partial charge in [-0.1, -0.05) is 13.8 Å². The number of nitriles is 1. The molecule has 0 saturated heterocycles. The molecule has 2 nitrogen and oxygen atoms in total. The van der Waals surface area contributed by atoms with Crippen LogP contribution in [0.2, 0.25) is 0 Å². The van der Waals surface area contributed by atoms with Crippen LogP contribution in [0.3, 0.4) is 0 Å². The maximum absolute atomic E-state index is 13.9. The van der Waals surface area contributed by atoms with E-state index in [2.05, 4.69) is 22.0 Å². The fourth-order valence-corrected chi connectivity index (χ4v) is 2.27. The van der Waals surface area contributed by atoms with E-state index in [-0.39, 0.29) is 16.6 Å². The SMILES string of the molecule is CC(C)CN(CCC#N)Cc1c(F)ccc(Br)c1F. The summed E-state index contributed by atoms with van der Waals surface area (Å²) in [5, 5.41) is 8.64. The number of hydrogen-bond acceptors (Lipinski definition) is 2. The first-order chi connectivity index (χ1) is 8.95. The van der Waals surface area contributed by atoms with E-state index >= 15 is 0 Å². The standard InChI is InChI=1S/C14H17BrF2N2/c1-10(2)8-19(7-3-6-18)9-11-13(16)5-4-12(15)14(11)17/h4-5,10H,3,7-9H2,1-2H3. The van der Waals surface area contributed by atoms with Crippen LogP contribution in [0, 0.1) is 28.9 Å². The molecule has 0 amide bonds. The van der Waals surface area contributed by atoms with Gasteiger partial charge in [0, 0.05) is 31.6 Å². The Balaban J connectivity index is 2.89. The van der Waals surface area contributed by atoms with Crippen molar-refractivity contribution < 1.29 is 8.78 Å². The maximum Gasteiger partial charge on any atom is 0.144 e. The predicted octanol–water partition coefficient (Wildman–Crippen LogP) is 4.10. The lowest BCUT2D eigenvalue weighted by Crippen LogP contribution is -2.29. The number of nitrogens with zero attached hydrogens (tertiary/aromatic N) is 2. The first kappa shape index (κ1) is 16.1. The summed E-state index contributed by atoms with van der Waals surface area (Å²) in [4.78, 5) is 1.90. The molecule has 5 heteroatoms. The predicted molar refractivity (Wildman–Crippen MR) is 74.4 cm³/mol. The van der Waals surface area contributed by atoms with Crippen molar-refractivity contribution in [3.05, 3.63) is 33.8 Å². The van der Waals surface area contributed by atoms with E-state index in [1.165, 1.54) is 12.1 Å². The summed E-state index contributed by atoms with van der Waals surface area (Å²) in [6.45, 7) is 5.46. The van der Waals surface area contributed by atoms with Crippen LogP contribution in [-0.2, 0) is 6.54 Å². The Bertz CT molecular complexity index is 469. The van der Waals surface area contributed by atoms with Crippen LogP contribution in [0.25, 0.3) is 0 Å². The Labute approximate surface area is 121 Å². The fraction of sp³-hybridized carbons (Fsp3) is 0.500. The molecule has 1 aromatic carbocycles. The molecule has 0 spiro atoms. The topological polar surface area (TPSA) is 27.0 Å². The highest BCUT2D eigenvalue weighted by atomic mass is 79.9. The Morgan fingerprint density at radius 2 is 2.05 bits per heavy atom. The highest BCUT2D eigenvalue weighted by Crippen LogP contribution is 2.23. The van der Waals surface area contributed by atoms with E-state index in [4.69, 9.17) is 5.26 Å². The van der Waals surface area contributed by atoms with Crippen molar-refractivity contribution in [2.45, 2.75) is 26.8 Å². The number of benzene rings is 1. The Morgan fingerprint density at radius 1 is 1.37 bits per heavy atom. The third kappa shape index (κ3) is 4.88. The molecule has 0 aliphatic carbocycles. The van der Waals surface area contributed by atoms with Gasteiger partial charge in [0.2, 0.25) is 0 Å². The molecule has 0 aliphatic heterocycles. The number of hydrogen-bond donors (Lipinski definition) is 0. The summed E-state index contributed by atoms with van der Waals surface area (Å²) in [5.74, 6) is -0.742. The molecule has 0 heterocycles. The van der Waals surface area contributed by atoms with Gasteiger partial charge in [-0.25, -0.2) is 8.78 Å². The Hall–Kier alpha value is -0.990. The molecule has 104 valence electrons. The van der Waals surface area contributed by atoms with Gasteiger partial charge >= 0.3 is 0 Å². The van der Waals surface area contributed by atoms with E-state index in [1.807, 2.05) is 18.7 Å². The van der Waals surface area contributed by atoms with Crippen molar-refractivity contribution in [2.75, 3.05) is 13.1 Å². The van der Waals surface area contributed by atoms with Gasteiger partial charge in [-0.15, -0.1) is 0 Å². The van der Waals surface area contributed by atoms with Crippen LogP contribution in [0.5, 0.6) is 0 Å². The molecule has 0 aliphatic rings. The number of halogens is 3. The normalized spacial score (nSPS) is 11.1. The second kappa shape index (κ2) is 7.56. The first-order valence-corrected chi connectivity index (χ1v) is 6.96. The van der Waals surface area contributed by atoms with Gasteiger partial charge < -0.3 is 0 Å². The quantitative estimate of drug-likeness (QED) is 0.734. The average Bonchev–Trinajstić information content (AvgIpc) is 2.35. The second-order valence-corrected chi connectivity index (χ2v) is 5.71. The summed E-state index contributed by atoms with van der Waals surface area (Å²) >= 11 is 3.06. The summed E-state index contributed by atoms with van der Waals surface area (Å²) in [7, 11) is 0. The molecule has 0 bridgehead atoms. The largest absolute Gasteiger partial charge is 0.298 e. The minimum atomic E-state index is -0.564. The van der Waals surface area contributed by atoms with E-state index in [1.54, 1.807) is 0 Å². The smallest absolute Gasteiger partial charge is 0.144 e. The Morgan fingerprint density at radius 3 is 2.63 bits per heavy atom. The molecule has 0 radical (unpaired) electrons. The molecular formula is C14H17BrF2N2. The molecule has 19 heavy (non-hydrogen) atoms. The van der Waals surface area contributed by atoms with Crippen molar-refractivity contribution in [3.63, 3.8) is 0 Å². The molecule has 0 aromatic heterocycles. The number of rotatable bonds is 6. The fourth-order valence-electron chi connectivity index (χ4n) is 1.90. The van der Waals surface area contributed by atoms with Crippen LogP contribution in [0.4, 0.5) is 8.78 Å². The van der Waals surface area contributed by atoms with Crippen LogP contribution in [0.1, 0.15) is 25.8 Å². The molecule has 0 unspecified atom stereocenters. The third-order valence-electron chi connectivity index (χ3n) is 2.68. The highest BCUT2D eigenvalue weighted by Gasteiger charge is 2.16. The van der Waals surface area contributed by atoms with Gasteiger partial charge in [0.05, 0.1) is 10.5 Å². The molecule has 0 atom stereocenters. The van der Waals surface area contributed by atoms with Crippen LogP contribution in [0.15, 0.2) is 16.6 Å². The third-order valence-corrected chi connectivity index (χ3v) is 3.30. The van der Waals surface area contributed by atoms with E-state index in [0.717, 1.165) is 0 Å². The van der Waals surface area contributed by atoms with Gasteiger partial charge in [-0.3, -0.25) is 4.90 Å². The lowest BCUT2D eigenvalue weighted by molar-refractivity contribution is 0.234. The molecule has 1 aromatic rings. The first-order valence-electron chi connectivity index (χ1n) is 6.17. The lowest BCUT2D eigenvalue weighted by atomic mass is 10.1. The van der Waals surface area contributed by atoms with Gasteiger partial charge in [0.1, 0.15) is 11.6 Å². The second-order valence-electron chi connectivity index (χ2n) is 4.86. The van der Waals surface area contributed by atoms with Crippen LogP contribution < -0.4 is 0 Å². The van der Waals surface area contributed by atoms with Gasteiger partial charge in [-0.2, -0.15) is 5.26 Å². The minimum absolute atomic E-state index is 0.0490. The zero-order chi connectivity index (χ0) is 14.4. The molecular weight excluding hydrogens is 314 g/mol. The summed E-state index contributed by atoms with van der Waals surface area (Å²) in [6.07, 6.45) is 0.351. The zero-order valence-corrected chi connectivity index (χ0v) is 12.7. The molecule has 0 fully saturated rings. The van der Waals surface area contributed by atoms with Crippen molar-refractivity contribution in [3.8, 4) is 6.07 Å². The highest BCUT2D eigenvalue weighted by molar-refractivity contribution is 9.10. The van der Waals surface area contributed by atoms with E-state index in [0.29, 0.717) is 25.4 Å². The van der Waals surface area contributed by atoms with Gasteiger partial charge in [0.15, 0.2) is 0 Å². The lowest BCUT2D eigenvalue weighted by Gasteiger charge is -2.23. The van der Waals surface area contributed by atoms with Crippen molar-refractivity contribution >= 4 is 15.9 Å². The summed E-state index contributed by atoms with van der Waals surface area (Å²) in [5.41, 5.74) is 0.0490. The monoisotopic (exact) mass is 330 g/mol. The minimum Gasteiger partial charge on any atom is -0.298 e.